The van der Waals surface area contributed by atoms with Gasteiger partial charge in [0.2, 0.25) is 0 Å². The van der Waals surface area contributed by atoms with Crippen molar-refractivity contribution in [2.45, 2.75) is 0 Å². The maximum absolute atomic E-state index is 0. The summed E-state index contributed by atoms with van der Waals surface area (Å²) in [5.74, 6) is 0. The van der Waals surface area contributed by atoms with Crippen LogP contribution >= 0.6 is 0 Å². The van der Waals surface area contributed by atoms with Gasteiger partial charge in [-0.15, -0.1) is 0 Å². The van der Waals surface area contributed by atoms with Crippen molar-refractivity contribution in [2.24, 2.45) is 0 Å². The monoisotopic (exact) mass is 682 g/mol. The minimum atomic E-state index is 0. The standard InChI is InChI=1S/4Cr.2Cs.13O/q4*+6;2*+1;13*-2. The maximum atomic E-state index is 0. The second-order valence-corrected chi connectivity index (χ2v) is 0. The van der Waals surface area contributed by atoms with Crippen LogP contribution in [0.2, 0.25) is 0 Å². The van der Waals surface area contributed by atoms with E-state index in [0.29, 0.717) is 0 Å². The molecule has 13 nitrogen and oxygen atoms in total. The Morgan fingerprint density at radius 2 is 0.158 bits per heavy atom. The summed E-state index contributed by atoms with van der Waals surface area (Å²) >= 11 is 0. The van der Waals surface area contributed by atoms with Crippen molar-refractivity contribution < 1.29 is 278 Å². The molecule has 0 heterocycles. The summed E-state index contributed by atoms with van der Waals surface area (Å²) in [6.07, 6.45) is 0. The Morgan fingerprint density at radius 1 is 0.158 bits per heavy atom. The average molecular weight is 682 g/mol. The van der Waals surface area contributed by atoms with Crippen molar-refractivity contribution in [3.63, 3.8) is 0 Å². The predicted molar refractivity (Wildman–Crippen MR) is 8.92 cm³/mol. The van der Waals surface area contributed by atoms with E-state index in [0.717, 1.165) is 0 Å². The molecule has 0 aromatic heterocycles. The number of hydrogen-bond donors (Lipinski definition) is 0. The fraction of sp³-hybridized carbons (Fsp3) is 0. The molecule has 0 radical (unpaired) electrons. The molecule has 0 spiro atoms. The van der Waals surface area contributed by atoms with Gasteiger partial charge in [-0.1, -0.05) is 0 Å². The van der Waals surface area contributed by atoms with Crippen molar-refractivity contribution in [2.75, 3.05) is 0 Å². The van der Waals surface area contributed by atoms with Gasteiger partial charge >= 0.3 is 207 Å². The van der Waals surface area contributed by atoms with Crippen molar-refractivity contribution in [3.8, 4) is 0 Å². The Bertz CT molecular complexity index is 22.6. The molecule has 0 rings (SSSR count). The molecule has 19 heavy (non-hydrogen) atoms. The van der Waals surface area contributed by atoms with E-state index in [-0.39, 0.29) is 278 Å². The molecule has 0 aliphatic heterocycles. The Morgan fingerprint density at radius 3 is 0.158 bits per heavy atom. The van der Waals surface area contributed by atoms with Crippen LogP contribution in [0.5, 0.6) is 0 Å². The van der Waals surface area contributed by atoms with Crippen molar-refractivity contribution >= 4 is 0 Å². The van der Waals surface area contributed by atoms with Crippen LogP contribution in [-0.2, 0) is 141 Å². The molecule has 0 saturated heterocycles. The van der Waals surface area contributed by atoms with Crippen molar-refractivity contribution in [1.29, 1.82) is 0 Å². The molecule has 0 unspecified atom stereocenters. The van der Waals surface area contributed by atoms with Crippen molar-refractivity contribution in [1.82, 2.24) is 0 Å². The van der Waals surface area contributed by atoms with Gasteiger partial charge < -0.3 is 71.2 Å². The summed E-state index contributed by atoms with van der Waals surface area (Å²) in [5.41, 5.74) is 0. The van der Waals surface area contributed by atoms with E-state index in [2.05, 4.69) is 0 Å². The van der Waals surface area contributed by atoms with Gasteiger partial charge in [0.25, 0.3) is 0 Å². The minimum Gasteiger partial charge on any atom is -2.00 e. The quantitative estimate of drug-likeness (QED) is 0.230. The topological polar surface area (TPSA) is 370 Å². The molecule has 0 bridgehead atoms. The molecule has 0 aliphatic carbocycles. The van der Waals surface area contributed by atoms with Crippen LogP contribution in [0.15, 0.2) is 0 Å². The van der Waals surface area contributed by atoms with E-state index in [1.165, 1.54) is 0 Å². The molecule has 0 atom stereocenters. The Kier molecular flexibility index (Phi) is 8400. The van der Waals surface area contributed by atoms with E-state index in [1.807, 2.05) is 0 Å². The van der Waals surface area contributed by atoms with E-state index >= 15 is 0 Å². The Balaban J connectivity index is 0. The maximum Gasteiger partial charge on any atom is 6.00 e. The number of hydrogen-bond acceptors (Lipinski definition) is 0. The zero-order chi connectivity index (χ0) is 0. The molecular formula is Cr4Cs2O13. The first kappa shape index (κ1) is 426. The van der Waals surface area contributed by atoms with Crippen LogP contribution in [0.1, 0.15) is 0 Å². The van der Waals surface area contributed by atoms with Gasteiger partial charge in [-0.25, -0.2) is 0 Å². The summed E-state index contributed by atoms with van der Waals surface area (Å²) < 4.78 is 0. The summed E-state index contributed by atoms with van der Waals surface area (Å²) in [6, 6.07) is 0. The molecule has 19 heteroatoms. The fourth-order valence-corrected chi connectivity index (χ4v) is 0. The summed E-state index contributed by atoms with van der Waals surface area (Å²) in [4.78, 5) is 0. The molecule has 0 aromatic carbocycles. The van der Waals surface area contributed by atoms with E-state index in [1.54, 1.807) is 0 Å². The second kappa shape index (κ2) is 375. The first-order valence-corrected chi connectivity index (χ1v) is 0. The van der Waals surface area contributed by atoms with Crippen LogP contribution in [0.4, 0.5) is 0 Å². The van der Waals surface area contributed by atoms with Crippen LogP contribution in [0.3, 0.4) is 0 Å². The Labute approximate surface area is 271 Å². The average Bonchev–Trinajstić information content (AvgIpc) is 0. The Hall–Kier alpha value is 5.71. The first-order valence-electron chi connectivity index (χ1n) is 0. The SMILES string of the molecule is [Cr+6].[Cr+6].[Cr+6].[Cr+6].[Cs+].[Cs+].[O-2].[O-2].[O-2].[O-2].[O-2].[O-2].[O-2].[O-2].[O-2].[O-2].[O-2].[O-2].[O-2]. The summed E-state index contributed by atoms with van der Waals surface area (Å²) in [7, 11) is 0. The summed E-state index contributed by atoms with van der Waals surface area (Å²) in [6.45, 7) is 0. The largest absolute Gasteiger partial charge is 6.00 e. The molecular weight excluding hydrogens is 682 g/mol. The minimum absolute atomic E-state index is 0. The van der Waals surface area contributed by atoms with Gasteiger partial charge in [0.15, 0.2) is 0 Å². The smallest absolute Gasteiger partial charge is 2.00 e. The van der Waals surface area contributed by atoms with Gasteiger partial charge in [-0.05, 0) is 0 Å². The normalized spacial score (nSPS) is 0. The van der Waals surface area contributed by atoms with E-state index in [4.69, 9.17) is 0 Å². The van der Waals surface area contributed by atoms with Crippen LogP contribution in [0, 0.1) is 0 Å². The zero-order valence-electron chi connectivity index (χ0n) is 8.94. The predicted octanol–water partition coefficient (Wildman–Crippen LogP) is -7.55. The van der Waals surface area contributed by atoms with Crippen LogP contribution in [-0.4, -0.2) is 0 Å². The molecule has 0 aliphatic rings. The molecule has 0 amide bonds. The van der Waals surface area contributed by atoms with Gasteiger partial charge in [-0.3, -0.25) is 0 Å². The fourth-order valence-electron chi connectivity index (χ4n) is 0. The third kappa shape index (κ3) is 342. The third-order valence-electron chi connectivity index (χ3n) is 0. The first-order chi connectivity index (χ1) is 0. The van der Waals surface area contributed by atoms with E-state index < -0.39 is 0 Å². The van der Waals surface area contributed by atoms with Gasteiger partial charge in [-0.2, -0.15) is 0 Å². The summed E-state index contributed by atoms with van der Waals surface area (Å²) in [5, 5.41) is 0. The molecule has 0 fully saturated rings. The van der Waals surface area contributed by atoms with E-state index in [9.17, 15) is 0 Å². The third-order valence-corrected chi connectivity index (χ3v) is 0. The molecule has 0 aromatic rings. The van der Waals surface area contributed by atoms with Crippen LogP contribution in [0.25, 0.3) is 0 Å². The van der Waals surface area contributed by atoms with Crippen molar-refractivity contribution in [3.05, 3.63) is 0 Å². The molecule has 0 N–H and O–H groups in total. The van der Waals surface area contributed by atoms with Gasteiger partial charge in [0.1, 0.15) is 0 Å². The zero-order valence-corrected chi connectivity index (χ0v) is 26.6. The van der Waals surface area contributed by atoms with Gasteiger partial charge in [0.05, 0.1) is 0 Å². The molecule has 0 saturated carbocycles. The second-order valence-electron chi connectivity index (χ2n) is 0. The van der Waals surface area contributed by atoms with Gasteiger partial charge in [0, 0.05) is 0 Å². The molecule has 104 valence electrons. The van der Waals surface area contributed by atoms with Crippen LogP contribution < -0.4 is 138 Å². The number of rotatable bonds is 0.